The Morgan fingerprint density at radius 3 is 2.57 bits per heavy atom. The molecule has 3 saturated carbocycles. The van der Waals surface area contributed by atoms with Crippen LogP contribution in [0.5, 0.6) is 0 Å². The minimum atomic E-state index is -0.731. The highest BCUT2D eigenvalue weighted by atomic mass is 16.4. The number of aliphatic hydroxyl groups excluding tert-OH is 2. The van der Waals surface area contributed by atoms with Crippen molar-refractivity contribution in [3.05, 3.63) is 22.3 Å². The normalized spacial score (nSPS) is 44.9. The first-order valence-electron chi connectivity index (χ1n) is 12.2. The second-order valence-electron chi connectivity index (χ2n) is 11.0. The summed E-state index contributed by atoms with van der Waals surface area (Å²) in [6, 6.07) is 0. The topological polar surface area (TPSA) is 77.8 Å². The Kier molecular flexibility index (Phi) is 5.95. The van der Waals surface area contributed by atoms with E-state index in [0.29, 0.717) is 30.1 Å². The van der Waals surface area contributed by atoms with Crippen LogP contribution in [-0.2, 0) is 4.79 Å². The molecule has 4 heteroatoms. The maximum Gasteiger partial charge on any atom is 0.303 e. The van der Waals surface area contributed by atoms with Gasteiger partial charge in [-0.1, -0.05) is 31.4 Å². The molecule has 168 valence electrons. The van der Waals surface area contributed by atoms with Gasteiger partial charge in [0, 0.05) is 6.42 Å². The first-order chi connectivity index (χ1) is 14.2. The Bertz CT molecular complexity index is 765. The third-order valence-corrected chi connectivity index (χ3v) is 9.60. The Balaban J connectivity index is 1.72. The van der Waals surface area contributed by atoms with Crippen LogP contribution in [0.4, 0.5) is 0 Å². The zero-order valence-electron chi connectivity index (χ0n) is 19.2. The predicted octanol–water partition coefficient (Wildman–Crippen LogP) is 5.10. The number of allylic oxidation sites excluding steroid dienone is 4. The van der Waals surface area contributed by atoms with Crippen LogP contribution in [0.15, 0.2) is 22.3 Å². The van der Waals surface area contributed by atoms with E-state index >= 15 is 0 Å². The summed E-state index contributed by atoms with van der Waals surface area (Å²) in [6.45, 7) is 9.05. The smallest absolute Gasteiger partial charge is 0.303 e. The lowest BCUT2D eigenvalue weighted by atomic mass is 9.44. The number of aliphatic carboxylic acids is 1. The maximum absolute atomic E-state index is 11.6. The number of aliphatic hydroxyl groups is 2. The fraction of sp³-hybridized carbons (Fsp3) is 0.808. The van der Waals surface area contributed by atoms with Gasteiger partial charge in [0.1, 0.15) is 0 Å². The van der Waals surface area contributed by atoms with Crippen LogP contribution < -0.4 is 0 Å². The summed E-state index contributed by atoms with van der Waals surface area (Å²) in [5.41, 5.74) is 5.75. The van der Waals surface area contributed by atoms with Crippen molar-refractivity contribution in [3.63, 3.8) is 0 Å². The van der Waals surface area contributed by atoms with Crippen molar-refractivity contribution in [1.82, 2.24) is 0 Å². The molecule has 0 radical (unpaired) electrons. The lowest BCUT2D eigenvalue weighted by molar-refractivity contribution is -0.171. The Morgan fingerprint density at radius 2 is 1.90 bits per heavy atom. The number of rotatable bonds is 4. The van der Waals surface area contributed by atoms with Crippen molar-refractivity contribution < 1.29 is 20.1 Å². The van der Waals surface area contributed by atoms with Crippen molar-refractivity contribution in [2.24, 2.45) is 35.0 Å². The van der Waals surface area contributed by atoms with E-state index in [2.05, 4.69) is 27.7 Å². The van der Waals surface area contributed by atoms with E-state index in [1.807, 2.05) is 0 Å². The third-order valence-electron chi connectivity index (χ3n) is 9.60. The van der Waals surface area contributed by atoms with Crippen LogP contribution >= 0.6 is 0 Å². The number of hydrogen-bond acceptors (Lipinski definition) is 3. The highest BCUT2D eigenvalue weighted by Gasteiger charge is 2.60. The van der Waals surface area contributed by atoms with Crippen molar-refractivity contribution in [2.75, 3.05) is 0 Å². The number of carboxylic acid groups (broad SMARTS) is 1. The summed E-state index contributed by atoms with van der Waals surface area (Å²) in [6.07, 6.45) is 7.24. The van der Waals surface area contributed by atoms with Gasteiger partial charge in [-0.25, -0.2) is 0 Å². The molecular weight excluding hydrogens is 376 g/mol. The van der Waals surface area contributed by atoms with E-state index in [1.54, 1.807) is 0 Å². The van der Waals surface area contributed by atoms with Crippen LogP contribution in [0.2, 0.25) is 0 Å². The van der Waals surface area contributed by atoms with Crippen molar-refractivity contribution in [3.8, 4) is 0 Å². The molecule has 0 aliphatic heterocycles. The number of carboxylic acids is 1. The molecule has 0 heterocycles. The molecule has 0 bridgehead atoms. The fourth-order valence-corrected chi connectivity index (χ4v) is 8.17. The Hall–Kier alpha value is -1.13. The van der Waals surface area contributed by atoms with Gasteiger partial charge in [-0.3, -0.25) is 4.79 Å². The van der Waals surface area contributed by atoms with E-state index in [1.165, 1.54) is 22.3 Å². The molecule has 0 aromatic rings. The monoisotopic (exact) mass is 416 g/mol. The van der Waals surface area contributed by atoms with Gasteiger partial charge in [-0.05, 0) is 105 Å². The third kappa shape index (κ3) is 3.39. The Labute approximate surface area is 181 Å². The molecule has 0 spiro atoms. The molecule has 4 aliphatic carbocycles. The summed E-state index contributed by atoms with van der Waals surface area (Å²) in [7, 11) is 0. The second kappa shape index (κ2) is 8.09. The predicted molar refractivity (Wildman–Crippen MR) is 118 cm³/mol. The highest BCUT2D eigenvalue weighted by Crippen LogP contribution is 2.65. The number of fused-ring (bicyclic) bond motifs is 5. The summed E-state index contributed by atoms with van der Waals surface area (Å²) in [5.74, 6) is 1.14. The first kappa shape index (κ1) is 22.1. The Morgan fingerprint density at radius 1 is 1.17 bits per heavy atom. The van der Waals surface area contributed by atoms with Gasteiger partial charge in [-0.2, -0.15) is 0 Å². The average molecular weight is 417 g/mol. The summed E-state index contributed by atoms with van der Waals surface area (Å²) < 4.78 is 0. The van der Waals surface area contributed by atoms with Gasteiger partial charge >= 0.3 is 5.97 Å². The molecule has 3 fully saturated rings. The standard InChI is InChI=1S/C26H40O4/c1-5-17-20-13-16(27)10-11-26(20,4)21-12-15(3)23-18(14(2)6-9-22(28)29)7-8-19(23)24(21)25(17)30/h16-17,19-21,24-25,27,30H,5-13H2,1-4H3,(H,28,29)/b18-14+/t16-,17-,19?,20+,21?,24?,25?,26+/m1/s1. The van der Waals surface area contributed by atoms with Gasteiger partial charge in [-0.15, -0.1) is 0 Å². The molecule has 30 heavy (non-hydrogen) atoms. The van der Waals surface area contributed by atoms with Gasteiger partial charge < -0.3 is 15.3 Å². The van der Waals surface area contributed by atoms with E-state index in [0.717, 1.165) is 44.9 Å². The fourth-order valence-electron chi connectivity index (χ4n) is 8.17. The number of carbonyl (C=O) groups is 1. The molecule has 4 aliphatic rings. The molecule has 0 aromatic carbocycles. The minimum absolute atomic E-state index is 0.195. The van der Waals surface area contributed by atoms with E-state index in [-0.39, 0.29) is 30.0 Å². The van der Waals surface area contributed by atoms with Crippen LogP contribution in [0, 0.1) is 35.0 Å². The van der Waals surface area contributed by atoms with Gasteiger partial charge in [0.05, 0.1) is 12.2 Å². The molecule has 3 N–H and O–H groups in total. The SMILES string of the molecule is CC[C@H]1C(O)C2C3CC/C(=C(/C)CCC(=O)O)C3=C(C)CC2[C@@]2(C)CC[C@@H](O)C[C@@H]12. The molecular formula is C26H40O4. The van der Waals surface area contributed by atoms with Crippen LogP contribution in [-0.4, -0.2) is 33.5 Å². The second-order valence-corrected chi connectivity index (χ2v) is 11.0. The van der Waals surface area contributed by atoms with E-state index in [4.69, 9.17) is 5.11 Å². The lowest BCUT2D eigenvalue weighted by Crippen LogP contribution is -2.59. The summed E-state index contributed by atoms with van der Waals surface area (Å²) in [4.78, 5) is 11.1. The van der Waals surface area contributed by atoms with Crippen molar-refractivity contribution in [1.29, 1.82) is 0 Å². The molecule has 4 rings (SSSR count). The molecule has 0 saturated heterocycles. The zero-order chi connectivity index (χ0) is 21.8. The van der Waals surface area contributed by atoms with Gasteiger partial charge in [0.25, 0.3) is 0 Å². The highest BCUT2D eigenvalue weighted by molar-refractivity contribution is 5.67. The molecule has 0 amide bonds. The summed E-state index contributed by atoms with van der Waals surface area (Å²) in [5, 5.41) is 31.2. The van der Waals surface area contributed by atoms with E-state index < -0.39 is 5.97 Å². The van der Waals surface area contributed by atoms with Crippen LogP contribution in [0.25, 0.3) is 0 Å². The lowest BCUT2D eigenvalue weighted by Gasteiger charge is -2.62. The van der Waals surface area contributed by atoms with Gasteiger partial charge in [0.15, 0.2) is 0 Å². The van der Waals surface area contributed by atoms with Crippen molar-refractivity contribution in [2.45, 2.75) is 97.7 Å². The maximum atomic E-state index is 11.6. The zero-order valence-corrected chi connectivity index (χ0v) is 19.2. The van der Waals surface area contributed by atoms with Crippen LogP contribution in [0.3, 0.4) is 0 Å². The average Bonchev–Trinajstić information content (AvgIpc) is 3.14. The van der Waals surface area contributed by atoms with E-state index in [9.17, 15) is 15.0 Å². The molecule has 0 aromatic heterocycles. The largest absolute Gasteiger partial charge is 0.481 e. The minimum Gasteiger partial charge on any atom is -0.481 e. The van der Waals surface area contributed by atoms with Crippen LogP contribution in [0.1, 0.15) is 85.5 Å². The van der Waals surface area contributed by atoms with Gasteiger partial charge in [0.2, 0.25) is 0 Å². The molecule has 4 unspecified atom stereocenters. The quantitative estimate of drug-likeness (QED) is 0.596. The first-order valence-corrected chi connectivity index (χ1v) is 12.2. The number of hydrogen-bond donors (Lipinski definition) is 3. The van der Waals surface area contributed by atoms with Crippen molar-refractivity contribution >= 4 is 5.97 Å². The molecule has 8 atom stereocenters. The summed E-state index contributed by atoms with van der Waals surface area (Å²) >= 11 is 0. The molecule has 4 nitrogen and oxygen atoms in total.